The van der Waals surface area contributed by atoms with Crippen LogP contribution in [0.5, 0.6) is 0 Å². The predicted octanol–water partition coefficient (Wildman–Crippen LogP) is 0.541. The summed E-state index contributed by atoms with van der Waals surface area (Å²) in [5.41, 5.74) is 2.46. The van der Waals surface area contributed by atoms with Gasteiger partial charge in [0.05, 0.1) is 12.0 Å². The largest absolute Gasteiger partial charge is 0.343 e. The summed E-state index contributed by atoms with van der Waals surface area (Å²) < 4.78 is 2.16. The smallest absolute Gasteiger partial charge is 0.224 e. The number of nitrogens with one attached hydrogen (secondary N) is 1. The Kier molecular flexibility index (Phi) is 3.32. The van der Waals surface area contributed by atoms with Gasteiger partial charge in [-0.2, -0.15) is 0 Å². The molecule has 0 aromatic carbocycles. The van der Waals surface area contributed by atoms with Crippen LogP contribution in [-0.2, 0) is 24.3 Å². The van der Waals surface area contributed by atoms with Crippen molar-refractivity contribution in [1.82, 2.24) is 19.8 Å². The molecule has 1 amide bonds. The maximum absolute atomic E-state index is 12.0. The van der Waals surface area contributed by atoms with Crippen molar-refractivity contribution in [3.63, 3.8) is 0 Å². The summed E-state index contributed by atoms with van der Waals surface area (Å²) in [4.78, 5) is 18.4. The van der Waals surface area contributed by atoms with Crippen LogP contribution in [0.2, 0.25) is 0 Å². The Labute approximate surface area is 107 Å². The van der Waals surface area contributed by atoms with Gasteiger partial charge in [-0.1, -0.05) is 0 Å². The van der Waals surface area contributed by atoms with Crippen molar-refractivity contribution >= 4 is 5.91 Å². The Balaban J connectivity index is 1.59. The second-order valence-electron chi connectivity index (χ2n) is 5.10. The van der Waals surface area contributed by atoms with E-state index in [4.69, 9.17) is 0 Å². The first-order valence-electron chi connectivity index (χ1n) is 6.86. The predicted molar refractivity (Wildman–Crippen MR) is 68.1 cm³/mol. The highest BCUT2D eigenvalue weighted by molar-refractivity contribution is 5.76. The number of likely N-dealkylation sites (tertiary alicyclic amines) is 1. The highest BCUT2D eigenvalue weighted by Gasteiger charge is 2.19. The van der Waals surface area contributed by atoms with Gasteiger partial charge in [0.25, 0.3) is 0 Å². The first-order valence-corrected chi connectivity index (χ1v) is 6.86. The molecule has 0 radical (unpaired) electrons. The van der Waals surface area contributed by atoms with Crippen LogP contribution in [0.15, 0.2) is 6.33 Å². The molecule has 1 fully saturated rings. The molecular formula is C13H20N4O. The summed E-state index contributed by atoms with van der Waals surface area (Å²) in [6.07, 6.45) is 5.84. The Bertz CT molecular complexity index is 434. The van der Waals surface area contributed by atoms with E-state index in [2.05, 4.69) is 14.9 Å². The number of hydrogen-bond acceptors (Lipinski definition) is 3. The van der Waals surface area contributed by atoms with E-state index in [1.807, 2.05) is 11.2 Å². The normalized spacial score (nSPS) is 19.0. The molecule has 0 bridgehead atoms. The molecule has 3 heterocycles. The van der Waals surface area contributed by atoms with Crippen LogP contribution in [-0.4, -0.2) is 40.0 Å². The van der Waals surface area contributed by atoms with Crippen LogP contribution >= 0.6 is 0 Å². The van der Waals surface area contributed by atoms with Gasteiger partial charge in [0.1, 0.15) is 0 Å². The summed E-state index contributed by atoms with van der Waals surface area (Å²) >= 11 is 0. The van der Waals surface area contributed by atoms with Gasteiger partial charge >= 0.3 is 0 Å². The number of imidazole rings is 1. The van der Waals surface area contributed by atoms with E-state index in [0.717, 1.165) is 57.7 Å². The number of amides is 1. The van der Waals surface area contributed by atoms with Gasteiger partial charge < -0.3 is 14.8 Å². The van der Waals surface area contributed by atoms with Crippen LogP contribution in [0, 0.1) is 0 Å². The van der Waals surface area contributed by atoms with Crippen molar-refractivity contribution in [3.8, 4) is 0 Å². The lowest BCUT2D eigenvalue weighted by molar-refractivity contribution is -0.130. The minimum absolute atomic E-state index is 0.295. The molecule has 0 unspecified atom stereocenters. The van der Waals surface area contributed by atoms with Gasteiger partial charge in [-0.05, 0) is 12.8 Å². The van der Waals surface area contributed by atoms with Crippen LogP contribution in [0.3, 0.4) is 0 Å². The number of fused-ring (bicyclic) bond motifs is 1. The molecule has 1 aromatic heterocycles. The van der Waals surface area contributed by atoms with Gasteiger partial charge in [0.2, 0.25) is 5.91 Å². The fraction of sp³-hybridized carbons (Fsp3) is 0.692. The minimum atomic E-state index is 0.295. The molecular weight excluding hydrogens is 228 g/mol. The molecule has 0 spiro atoms. The lowest BCUT2D eigenvalue weighted by Gasteiger charge is -2.17. The zero-order valence-corrected chi connectivity index (χ0v) is 10.7. The standard InChI is InChI=1S/C13H20N4O/c18-13(16-6-1-2-7-16)4-8-17-10-15-11-9-14-5-3-12(11)17/h10,14H,1-9H2. The minimum Gasteiger partial charge on any atom is -0.343 e. The summed E-state index contributed by atoms with van der Waals surface area (Å²) in [6.45, 7) is 4.55. The van der Waals surface area contributed by atoms with Crippen LogP contribution in [0.25, 0.3) is 0 Å². The average molecular weight is 248 g/mol. The second kappa shape index (κ2) is 5.10. The molecule has 0 atom stereocenters. The van der Waals surface area contributed by atoms with Gasteiger partial charge in [0.15, 0.2) is 0 Å². The van der Waals surface area contributed by atoms with Crippen molar-refractivity contribution in [2.75, 3.05) is 19.6 Å². The first-order chi connectivity index (χ1) is 8.84. The van der Waals surface area contributed by atoms with Crippen LogP contribution in [0.4, 0.5) is 0 Å². The Morgan fingerprint density at radius 3 is 3.06 bits per heavy atom. The highest BCUT2D eigenvalue weighted by atomic mass is 16.2. The van der Waals surface area contributed by atoms with E-state index in [1.165, 1.54) is 5.69 Å². The summed E-state index contributed by atoms with van der Waals surface area (Å²) in [7, 11) is 0. The topological polar surface area (TPSA) is 50.2 Å². The highest BCUT2D eigenvalue weighted by Crippen LogP contribution is 2.14. The molecule has 98 valence electrons. The quantitative estimate of drug-likeness (QED) is 0.849. The second-order valence-corrected chi connectivity index (χ2v) is 5.10. The Hall–Kier alpha value is -1.36. The SMILES string of the molecule is O=C(CCn1cnc2c1CCNC2)N1CCCC1. The number of carbonyl (C=O) groups excluding carboxylic acids is 1. The maximum atomic E-state index is 12.0. The number of aromatic nitrogens is 2. The zero-order chi connectivity index (χ0) is 12.4. The van der Waals surface area contributed by atoms with E-state index in [0.29, 0.717) is 12.3 Å². The van der Waals surface area contributed by atoms with E-state index in [1.54, 1.807) is 0 Å². The van der Waals surface area contributed by atoms with Crippen LogP contribution in [0.1, 0.15) is 30.7 Å². The molecule has 5 nitrogen and oxygen atoms in total. The number of aryl methyl sites for hydroxylation is 1. The fourth-order valence-electron chi connectivity index (χ4n) is 2.83. The van der Waals surface area contributed by atoms with Crippen molar-refractivity contribution < 1.29 is 4.79 Å². The number of hydrogen-bond donors (Lipinski definition) is 1. The molecule has 2 aliphatic heterocycles. The van der Waals surface area contributed by atoms with Gasteiger partial charge in [-0.25, -0.2) is 4.98 Å². The zero-order valence-electron chi connectivity index (χ0n) is 10.7. The summed E-state index contributed by atoms with van der Waals surface area (Å²) in [6, 6.07) is 0. The summed E-state index contributed by atoms with van der Waals surface area (Å²) in [5.74, 6) is 0.295. The monoisotopic (exact) mass is 248 g/mol. The van der Waals surface area contributed by atoms with E-state index in [9.17, 15) is 4.79 Å². The van der Waals surface area contributed by atoms with Gasteiger partial charge in [-0.3, -0.25) is 4.79 Å². The molecule has 3 rings (SSSR count). The third-order valence-corrected chi connectivity index (χ3v) is 3.89. The molecule has 0 saturated carbocycles. The van der Waals surface area contributed by atoms with Crippen LogP contribution < -0.4 is 5.32 Å². The lowest BCUT2D eigenvalue weighted by Crippen LogP contribution is -2.29. The molecule has 1 N–H and O–H groups in total. The van der Waals surface area contributed by atoms with Crippen molar-refractivity contribution in [3.05, 3.63) is 17.7 Å². The molecule has 5 heteroatoms. The Morgan fingerprint density at radius 2 is 2.22 bits per heavy atom. The van der Waals surface area contributed by atoms with Crippen molar-refractivity contribution in [1.29, 1.82) is 0 Å². The molecule has 1 saturated heterocycles. The molecule has 0 aliphatic carbocycles. The van der Waals surface area contributed by atoms with Crippen molar-refractivity contribution in [2.45, 2.75) is 38.8 Å². The third kappa shape index (κ3) is 2.27. The molecule has 18 heavy (non-hydrogen) atoms. The van der Waals surface area contributed by atoms with Crippen molar-refractivity contribution in [2.24, 2.45) is 0 Å². The van der Waals surface area contributed by atoms with E-state index >= 15 is 0 Å². The first kappa shape index (κ1) is 11.7. The summed E-state index contributed by atoms with van der Waals surface area (Å²) in [5, 5.41) is 3.31. The number of carbonyl (C=O) groups is 1. The van der Waals surface area contributed by atoms with E-state index < -0.39 is 0 Å². The maximum Gasteiger partial charge on any atom is 0.224 e. The van der Waals surface area contributed by atoms with Gasteiger partial charge in [0, 0.05) is 51.3 Å². The third-order valence-electron chi connectivity index (χ3n) is 3.89. The number of rotatable bonds is 3. The van der Waals surface area contributed by atoms with Gasteiger partial charge in [-0.15, -0.1) is 0 Å². The molecule has 2 aliphatic rings. The lowest BCUT2D eigenvalue weighted by atomic mass is 10.2. The Morgan fingerprint density at radius 1 is 1.39 bits per heavy atom. The number of nitrogens with zero attached hydrogens (tertiary/aromatic N) is 3. The van der Waals surface area contributed by atoms with E-state index in [-0.39, 0.29) is 0 Å². The average Bonchev–Trinajstić information content (AvgIpc) is 3.06. The molecule has 1 aromatic rings. The fourth-order valence-corrected chi connectivity index (χ4v) is 2.83.